The molecule has 2 aliphatic rings. The van der Waals surface area contributed by atoms with Gasteiger partial charge in [-0.05, 0) is 39.7 Å². The van der Waals surface area contributed by atoms with E-state index in [1.54, 1.807) is 0 Å². The Balaban J connectivity index is 2.07. The van der Waals surface area contributed by atoms with E-state index in [1.165, 1.54) is 0 Å². The molecular weight excluding hydrogens is 176 g/mol. The Labute approximate surface area is 85.8 Å². The number of piperidine rings is 1. The van der Waals surface area contributed by atoms with Crippen LogP contribution in [0.2, 0.25) is 0 Å². The van der Waals surface area contributed by atoms with E-state index in [4.69, 9.17) is 0 Å². The van der Waals surface area contributed by atoms with Gasteiger partial charge in [0.15, 0.2) is 0 Å². The number of hydrogen-bond acceptors (Lipinski definition) is 2. The Hall–Kier alpha value is -0.570. The summed E-state index contributed by atoms with van der Waals surface area (Å²) in [7, 11) is 0. The van der Waals surface area contributed by atoms with Crippen molar-refractivity contribution in [3.8, 4) is 0 Å². The van der Waals surface area contributed by atoms with Crippen molar-refractivity contribution in [1.29, 1.82) is 0 Å². The third kappa shape index (κ3) is 1.54. The van der Waals surface area contributed by atoms with Crippen molar-refractivity contribution < 1.29 is 4.79 Å². The summed E-state index contributed by atoms with van der Waals surface area (Å²) in [4.78, 5) is 14.3. The van der Waals surface area contributed by atoms with Crippen LogP contribution in [0.15, 0.2) is 0 Å². The molecule has 0 aliphatic carbocycles. The Morgan fingerprint density at radius 3 is 2.79 bits per heavy atom. The Bertz CT molecular complexity index is 239. The van der Waals surface area contributed by atoms with Crippen LogP contribution in [0.25, 0.3) is 0 Å². The summed E-state index contributed by atoms with van der Waals surface area (Å²) in [5.74, 6) is 0.298. The van der Waals surface area contributed by atoms with Gasteiger partial charge in [-0.2, -0.15) is 0 Å². The van der Waals surface area contributed by atoms with E-state index in [9.17, 15) is 4.79 Å². The third-order valence-corrected chi connectivity index (χ3v) is 3.71. The van der Waals surface area contributed by atoms with Crippen LogP contribution in [0, 0.1) is 5.41 Å². The van der Waals surface area contributed by atoms with Gasteiger partial charge in [-0.15, -0.1) is 0 Å². The Kier molecular flexibility index (Phi) is 2.52. The minimum atomic E-state index is -0.0392. The molecule has 0 bridgehead atoms. The molecule has 80 valence electrons. The predicted molar refractivity (Wildman–Crippen MR) is 56.0 cm³/mol. The zero-order valence-electron chi connectivity index (χ0n) is 9.18. The lowest BCUT2D eigenvalue weighted by Crippen LogP contribution is -2.47. The zero-order chi connectivity index (χ0) is 10.2. The van der Waals surface area contributed by atoms with Crippen molar-refractivity contribution >= 4 is 5.91 Å². The van der Waals surface area contributed by atoms with Gasteiger partial charge in [-0.25, -0.2) is 0 Å². The smallest absolute Gasteiger partial charge is 0.227 e. The highest BCUT2D eigenvalue weighted by Gasteiger charge is 2.45. The third-order valence-electron chi connectivity index (χ3n) is 3.71. The summed E-state index contributed by atoms with van der Waals surface area (Å²) in [6.07, 6.45) is 3.29. The zero-order valence-corrected chi connectivity index (χ0v) is 9.18. The molecule has 2 aliphatic heterocycles. The summed E-state index contributed by atoms with van der Waals surface area (Å²) in [5, 5.41) is 3.01. The summed E-state index contributed by atoms with van der Waals surface area (Å²) in [6, 6.07) is 0.573. The van der Waals surface area contributed by atoms with Gasteiger partial charge in [-0.1, -0.05) is 0 Å². The number of likely N-dealkylation sites (tertiary alicyclic amines) is 1. The van der Waals surface area contributed by atoms with E-state index in [-0.39, 0.29) is 5.41 Å². The quantitative estimate of drug-likeness (QED) is 0.678. The van der Waals surface area contributed by atoms with Gasteiger partial charge in [0.2, 0.25) is 5.91 Å². The average Bonchev–Trinajstić information content (AvgIpc) is 2.56. The highest BCUT2D eigenvalue weighted by molar-refractivity contribution is 5.83. The highest BCUT2D eigenvalue weighted by atomic mass is 16.2. The SMILES string of the molecule is CC(C)N1CC[C@@]2(CCCNC2=O)C1. The Morgan fingerprint density at radius 2 is 2.21 bits per heavy atom. The minimum Gasteiger partial charge on any atom is -0.356 e. The maximum atomic E-state index is 11.8. The number of hydrogen-bond donors (Lipinski definition) is 1. The molecule has 3 heteroatoms. The first-order valence-electron chi connectivity index (χ1n) is 5.66. The van der Waals surface area contributed by atoms with Crippen LogP contribution >= 0.6 is 0 Å². The molecule has 2 saturated heterocycles. The van der Waals surface area contributed by atoms with Gasteiger partial charge >= 0.3 is 0 Å². The van der Waals surface area contributed by atoms with E-state index >= 15 is 0 Å². The molecule has 2 heterocycles. The molecule has 0 saturated carbocycles. The molecule has 1 amide bonds. The van der Waals surface area contributed by atoms with Crippen LogP contribution in [0.1, 0.15) is 33.1 Å². The summed E-state index contributed by atoms with van der Waals surface area (Å²) in [5.41, 5.74) is -0.0392. The van der Waals surface area contributed by atoms with Crippen molar-refractivity contribution in [3.63, 3.8) is 0 Å². The number of nitrogens with one attached hydrogen (secondary N) is 1. The molecule has 1 spiro atoms. The lowest BCUT2D eigenvalue weighted by atomic mass is 9.79. The molecule has 0 aromatic carbocycles. The topological polar surface area (TPSA) is 32.3 Å². The first kappa shape index (κ1) is 9.97. The van der Waals surface area contributed by atoms with E-state index in [0.717, 1.165) is 38.9 Å². The summed E-state index contributed by atoms with van der Waals surface area (Å²) < 4.78 is 0. The molecule has 14 heavy (non-hydrogen) atoms. The monoisotopic (exact) mass is 196 g/mol. The fourth-order valence-corrected chi connectivity index (χ4v) is 2.66. The van der Waals surface area contributed by atoms with Crippen LogP contribution < -0.4 is 5.32 Å². The second kappa shape index (κ2) is 3.54. The fraction of sp³-hybridized carbons (Fsp3) is 0.909. The van der Waals surface area contributed by atoms with E-state index < -0.39 is 0 Å². The van der Waals surface area contributed by atoms with E-state index in [0.29, 0.717) is 11.9 Å². The van der Waals surface area contributed by atoms with Crippen molar-refractivity contribution in [2.45, 2.75) is 39.2 Å². The highest BCUT2D eigenvalue weighted by Crippen LogP contribution is 2.37. The van der Waals surface area contributed by atoms with E-state index in [1.807, 2.05) is 0 Å². The van der Waals surface area contributed by atoms with Crippen molar-refractivity contribution in [2.24, 2.45) is 5.41 Å². The van der Waals surface area contributed by atoms with E-state index in [2.05, 4.69) is 24.1 Å². The first-order chi connectivity index (χ1) is 6.64. The fourth-order valence-electron chi connectivity index (χ4n) is 2.66. The molecule has 0 aromatic rings. The van der Waals surface area contributed by atoms with Crippen molar-refractivity contribution in [1.82, 2.24) is 10.2 Å². The molecule has 2 rings (SSSR count). The largest absolute Gasteiger partial charge is 0.356 e. The lowest BCUT2D eigenvalue weighted by molar-refractivity contribution is -0.132. The molecule has 0 radical (unpaired) electrons. The Morgan fingerprint density at radius 1 is 1.43 bits per heavy atom. The predicted octanol–water partition coefficient (Wildman–Crippen LogP) is 0.997. The molecule has 2 fully saturated rings. The number of amides is 1. The van der Waals surface area contributed by atoms with Crippen molar-refractivity contribution in [2.75, 3.05) is 19.6 Å². The first-order valence-corrected chi connectivity index (χ1v) is 5.66. The molecule has 0 unspecified atom stereocenters. The van der Waals surface area contributed by atoms with Crippen LogP contribution in [0.3, 0.4) is 0 Å². The lowest BCUT2D eigenvalue weighted by Gasteiger charge is -2.33. The minimum absolute atomic E-state index is 0.0392. The van der Waals surface area contributed by atoms with Crippen LogP contribution in [0.5, 0.6) is 0 Å². The summed E-state index contributed by atoms with van der Waals surface area (Å²) in [6.45, 7) is 7.35. The second-order valence-corrected chi connectivity index (χ2v) is 4.95. The number of carbonyl (C=O) groups excluding carboxylic acids is 1. The van der Waals surface area contributed by atoms with Gasteiger partial charge < -0.3 is 5.32 Å². The van der Waals surface area contributed by atoms with Gasteiger partial charge in [0.05, 0.1) is 5.41 Å². The maximum absolute atomic E-state index is 11.8. The average molecular weight is 196 g/mol. The molecular formula is C11H20N2O. The number of carbonyl (C=O) groups is 1. The number of rotatable bonds is 1. The molecule has 0 aromatic heterocycles. The van der Waals surface area contributed by atoms with Gasteiger partial charge in [0.25, 0.3) is 0 Å². The maximum Gasteiger partial charge on any atom is 0.227 e. The van der Waals surface area contributed by atoms with Crippen LogP contribution in [0.4, 0.5) is 0 Å². The van der Waals surface area contributed by atoms with Gasteiger partial charge in [0, 0.05) is 19.1 Å². The van der Waals surface area contributed by atoms with Gasteiger partial charge in [-0.3, -0.25) is 9.69 Å². The van der Waals surface area contributed by atoms with Gasteiger partial charge in [0.1, 0.15) is 0 Å². The molecule has 1 N–H and O–H groups in total. The summed E-state index contributed by atoms with van der Waals surface area (Å²) >= 11 is 0. The standard InChI is InChI=1S/C11H20N2O/c1-9(2)13-7-5-11(8-13)4-3-6-12-10(11)14/h9H,3-8H2,1-2H3,(H,12,14)/t11-/m0/s1. The second-order valence-electron chi connectivity index (χ2n) is 4.95. The normalized spacial score (nSPS) is 34.1. The van der Waals surface area contributed by atoms with Crippen molar-refractivity contribution in [3.05, 3.63) is 0 Å². The molecule has 3 nitrogen and oxygen atoms in total. The van der Waals surface area contributed by atoms with Crippen LogP contribution in [-0.2, 0) is 4.79 Å². The molecule has 1 atom stereocenters. The number of nitrogens with zero attached hydrogens (tertiary/aromatic N) is 1. The van der Waals surface area contributed by atoms with Crippen LogP contribution in [-0.4, -0.2) is 36.5 Å².